The first kappa shape index (κ1) is 30.6. The molecule has 0 aliphatic carbocycles. The van der Waals surface area contributed by atoms with E-state index in [0.29, 0.717) is 17.5 Å². The van der Waals surface area contributed by atoms with E-state index in [1.807, 2.05) is 24.3 Å². The molecule has 9 aromatic rings. The van der Waals surface area contributed by atoms with Gasteiger partial charge in [-0.2, -0.15) is 0 Å². The summed E-state index contributed by atoms with van der Waals surface area (Å²) >= 11 is 0. The lowest BCUT2D eigenvalue weighted by atomic mass is 9.86. The average molecular weight is 677 g/mol. The van der Waals surface area contributed by atoms with Crippen LogP contribution in [0.3, 0.4) is 0 Å². The first-order valence-electron chi connectivity index (χ1n) is 17.9. The Balaban J connectivity index is 1.23. The SMILES string of the molecule is c1ccc(-c2cccc(-c3nc(-c4ccccc4)nc(-c4ccc5c6c(cccc46)-c4ccccc4N(c4ccccc4)c4ccccc4-5)n3)c2)cc1. The molecule has 1 aliphatic rings. The number of nitrogens with zero attached hydrogens (tertiary/aromatic N) is 4. The molecule has 0 saturated heterocycles. The van der Waals surface area contributed by atoms with Crippen LogP contribution < -0.4 is 4.90 Å². The lowest BCUT2D eigenvalue weighted by Gasteiger charge is -2.32. The topological polar surface area (TPSA) is 41.9 Å². The molecule has 0 bridgehead atoms. The summed E-state index contributed by atoms with van der Waals surface area (Å²) in [6.07, 6.45) is 0. The molecule has 1 aromatic heterocycles. The summed E-state index contributed by atoms with van der Waals surface area (Å²) < 4.78 is 0. The highest BCUT2D eigenvalue weighted by Gasteiger charge is 2.26. The van der Waals surface area contributed by atoms with Gasteiger partial charge in [-0.15, -0.1) is 0 Å². The molecule has 4 heteroatoms. The monoisotopic (exact) mass is 676 g/mol. The van der Waals surface area contributed by atoms with Crippen LogP contribution in [0, 0.1) is 0 Å². The third kappa shape index (κ3) is 5.36. The van der Waals surface area contributed by atoms with Gasteiger partial charge in [-0.3, -0.25) is 0 Å². The molecule has 53 heavy (non-hydrogen) atoms. The number of hydrogen-bond donors (Lipinski definition) is 0. The van der Waals surface area contributed by atoms with Crippen molar-refractivity contribution in [3.05, 3.63) is 194 Å². The average Bonchev–Trinajstić information content (AvgIpc) is 3.24. The second-order valence-electron chi connectivity index (χ2n) is 13.2. The van der Waals surface area contributed by atoms with Crippen molar-refractivity contribution in [2.24, 2.45) is 0 Å². The van der Waals surface area contributed by atoms with Gasteiger partial charge in [-0.1, -0.05) is 158 Å². The zero-order chi connectivity index (χ0) is 35.1. The van der Waals surface area contributed by atoms with Crippen molar-refractivity contribution in [3.8, 4) is 67.5 Å². The van der Waals surface area contributed by atoms with Crippen LogP contribution in [0.15, 0.2) is 194 Å². The van der Waals surface area contributed by atoms with Crippen LogP contribution in [-0.4, -0.2) is 15.0 Å². The van der Waals surface area contributed by atoms with Crippen LogP contribution in [0.1, 0.15) is 0 Å². The number of anilines is 3. The molecule has 0 N–H and O–H groups in total. The fraction of sp³-hybridized carbons (Fsp3) is 0. The van der Waals surface area contributed by atoms with Crippen LogP contribution in [-0.2, 0) is 0 Å². The zero-order valence-corrected chi connectivity index (χ0v) is 28.8. The Morgan fingerprint density at radius 1 is 0.302 bits per heavy atom. The van der Waals surface area contributed by atoms with Gasteiger partial charge < -0.3 is 4.90 Å². The van der Waals surface area contributed by atoms with Crippen molar-refractivity contribution in [1.82, 2.24) is 15.0 Å². The Hall–Kier alpha value is -7.17. The quantitative estimate of drug-likeness (QED) is 0.182. The zero-order valence-electron chi connectivity index (χ0n) is 28.8. The van der Waals surface area contributed by atoms with Gasteiger partial charge in [0.1, 0.15) is 0 Å². The van der Waals surface area contributed by atoms with Gasteiger partial charge in [0.05, 0.1) is 11.4 Å². The number of benzene rings is 8. The molecule has 0 unspecified atom stereocenters. The first-order chi connectivity index (χ1) is 26.3. The summed E-state index contributed by atoms with van der Waals surface area (Å²) in [7, 11) is 0. The highest BCUT2D eigenvalue weighted by Crippen LogP contribution is 2.51. The molecular weight excluding hydrogens is 645 g/mol. The van der Waals surface area contributed by atoms with Crippen molar-refractivity contribution >= 4 is 27.8 Å². The predicted octanol–water partition coefficient (Wildman–Crippen LogP) is 12.8. The van der Waals surface area contributed by atoms with Gasteiger partial charge >= 0.3 is 0 Å². The summed E-state index contributed by atoms with van der Waals surface area (Å²) in [5.74, 6) is 1.91. The molecule has 1 aliphatic heterocycles. The molecule has 4 nitrogen and oxygen atoms in total. The van der Waals surface area contributed by atoms with Crippen molar-refractivity contribution in [2.45, 2.75) is 0 Å². The Morgan fingerprint density at radius 2 is 0.774 bits per heavy atom. The van der Waals surface area contributed by atoms with Crippen LogP contribution in [0.4, 0.5) is 17.1 Å². The van der Waals surface area contributed by atoms with Gasteiger partial charge in [-0.05, 0) is 69.4 Å². The Kier molecular flexibility index (Phi) is 7.43. The second kappa shape index (κ2) is 12.9. The van der Waals surface area contributed by atoms with E-state index in [-0.39, 0.29) is 0 Å². The molecule has 0 saturated carbocycles. The molecule has 0 amide bonds. The molecule has 0 radical (unpaired) electrons. The van der Waals surface area contributed by atoms with E-state index >= 15 is 0 Å². The Bertz CT molecular complexity index is 2720. The van der Waals surface area contributed by atoms with E-state index in [4.69, 9.17) is 15.0 Å². The van der Waals surface area contributed by atoms with Crippen LogP contribution in [0.2, 0.25) is 0 Å². The van der Waals surface area contributed by atoms with Crippen LogP contribution in [0.25, 0.3) is 78.3 Å². The third-order valence-corrected chi connectivity index (χ3v) is 10.1. The maximum atomic E-state index is 5.24. The van der Waals surface area contributed by atoms with E-state index in [2.05, 4.69) is 175 Å². The van der Waals surface area contributed by atoms with Gasteiger partial charge in [-0.25, -0.2) is 15.0 Å². The molecule has 248 valence electrons. The fourth-order valence-corrected chi connectivity index (χ4v) is 7.64. The summed E-state index contributed by atoms with van der Waals surface area (Å²) in [4.78, 5) is 17.9. The van der Waals surface area contributed by atoms with Crippen LogP contribution in [0.5, 0.6) is 0 Å². The Morgan fingerprint density at radius 3 is 1.47 bits per heavy atom. The standard InChI is InChI=1S/C49H32N4/c1-4-16-33(17-5-1)35-20-14-21-36(32-35)48-50-47(34-18-6-2-7-19-34)51-49(52-48)43-31-30-42-39-25-11-13-29-45(39)53(37-22-8-3-9-23-37)44-28-12-10-24-38(44)40-26-15-27-41(43)46(40)42/h1-32H. The summed E-state index contributed by atoms with van der Waals surface area (Å²) in [6, 6.07) is 68.2. The van der Waals surface area contributed by atoms with Gasteiger partial charge in [0.15, 0.2) is 17.5 Å². The molecule has 8 aromatic carbocycles. The maximum absolute atomic E-state index is 5.24. The highest BCUT2D eigenvalue weighted by atomic mass is 15.1. The van der Waals surface area contributed by atoms with Crippen LogP contribution >= 0.6 is 0 Å². The molecule has 10 rings (SSSR count). The van der Waals surface area contributed by atoms with Crippen molar-refractivity contribution in [1.29, 1.82) is 0 Å². The molecule has 0 spiro atoms. The Labute approximate surface area is 308 Å². The molecule has 0 atom stereocenters. The maximum Gasteiger partial charge on any atom is 0.164 e. The lowest BCUT2D eigenvalue weighted by molar-refractivity contribution is 1.08. The van der Waals surface area contributed by atoms with E-state index in [1.54, 1.807) is 0 Å². The van der Waals surface area contributed by atoms with E-state index in [9.17, 15) is 0 Å². The summed E-state index contributed by atoms with van der Waals surface area (Å²) in [6.45, 7) is 0. The van der Waals surface area contributed by atoms with E-state index in [0.717, 1.165) is 61.4 Å². The number of hydrogen-bond acceptors (Lipinski definition) is 4. The third-order valence-electron chi connectivity index (χ3n) is 10.1. The van der Waals surface area contributed by atoms with E-state index < -0.39 is 0 Å². The smallest absolute Gasteiger partial charge is 0.164 e. The number of para-hydroxylation sites is 3. The molecule has 2 heterocycles. The van der Waals surface area contributed by atoms with Gasteiger partial charge in [0.2, 0.25) is 0 Å². The number of aromatic nitrogens is 3. The van der Waals surface area contributed by atoms with Crippen molar-refractivity contribution in [2.75, 3.05) is 4.90 Å². The normalized spacial score (nSPS) is 11.7. The fourth-order valence-electron chi connectivity index (χ4n) is 7.64. The number of fused-ring (bicyclic) bond motifs is 4. The molecular formula is C49H32N4. The minimum Gasteiger partial charge on any atom is -0.309 e. The van der Waals surface area contributed by atoms with E-state index in [1.165, 1.54) is 16.5 Å². The predicted molar refractivity (Wildman–Crippen MR) is 218 cm³/mol. The summed E-state index contributed by atoms with van der Waals surface area (Å²) in [5, 5.41) is 2.26. The largest absolute Gasteiger partial charge is 0.309 e. The lowest BCUT2D eigenvalue weighted by Crippen LogP contribution is -2.13. The minimum absolute atomic E-state index is 0.635. The van der Waals surface area contributed by atoms with Gasteiger partial charge in [0.25, 0.3) is 0 Å². The highest BCUT2D eigenvalue weighted by molar-refractivity contribution is 6.16. The minimum atomic E-state index is 0.635. The molecule has 0 fully saturated rings. The van der Waals surface area contributed by atoms with Gasteiger partial charge in [0, 0.05) is 33.5 Å². The summed E-state index contributed by atoms with van der Waals surface area (Å²) in [5.41, 5.74) is 13.1. The van der Waals surface area contributed by atoms with Crippen molar-refractivity contribution < 1.29 is 0 Å². The number of rotatable bonds is 5. The first-order valence-corrected chi connectivity index (χ1v) is 17.9. The second-order valence-corrected chi connectivity index (χ2v) is 13.2. The van der Waals surface area contributed by atoms with Crippen molar-refractivity contribution in [3.63, 3.8) is 0 Å².